The second kappa shape index (κ2) is 32.3. The first-order chi connectivity index (χ1) is 25.0. The van der Waals surface area contributed by atoms with Gasteiger partial charge in [-0.25, -0.2) is 8.37 Å². The van der Waals surface area contributed by atoms with Gasteiger partial charge >= 0.3 is 20.8 Å². The van der Waals surface area contributed by atoms with Gasteiger partial charge in [0, 0.05) is 13.2 Å². The molecule has 0 aliphatic carbocycles. The van der Waals surface area contributed by atoms with Crippen LogP contribution in [0.25, 0.3) is 0 Å². The fourth-order valence-corrected chi connectivity index (χ4v) is 7.86. The summed E-state index contributed by atoms with van der Waals surface area (Å²) < 4.78 is 128. The molecule has 0 saturated carbocycles. The molecule has 21 heteroatoms. The maximum Gasteiger partial charge on any atom is 0.399 e. The highest BCUT2D eigenvalue weighted by Gasteiger charge is 2.31. The van der Waals surface area contributed by atoms with Gasteiger partial charge in [0.05, 0.1) is 61.0 Å². The minimum Gasteiger partial charge on any atom is -0.392 e. The van der Waals surface area contributed by atoms with Gasteiger partial charge in [0.1, 0.15) is 10.5 Å². The van der Waals surface area contributed by atoms with E-state index >= 15 is 0 Å². The van der Waals surface area contributed by atoms with Crippen LogP contribution in [0.1, 0.15) is 110 Å². The van der Waals surface area contributed by atoms with E-state index in [0.717, 1.165) is 92.0 Å². The molecule has 0 radical (unpaired) electrons. The quantitative estimate of drug-likeness (QED) is 0.0532. The molecule has 0 saturated heterocycles. The number of aliphatic hydroxyl groups excluding tert-OH is 1. The summed E-state index contributed by atoms with van der Waals surface area (Å²) in [5.41, 5.74) is 0. The molecule has 3 unspecified atom stereocenters. The Kier molecular flexibility index (Phi) is 33.1. The molecule has 1 N–H and O–H groups in total. The summed E-state index contributed by atoms with van der Waals surface area (Å²) in [7, 11) is -10.6. The van der Waals surface area contributed by atoms with E-state index < -0.39 is 57.6 Å². The molecule has 53 heavy (non-hydrogen) atoms. The molecule has 0 heterocycles. The third-order valence-corrected chi connectivity index (χ3v) is 12.9. The van der Waals surface area contributed by atoms with Crippen LogP contribution < -0.4 is 0 Å². The van der Waals surface area contributed by atoms with Gasteiger partial charge in [-0.15, -0.1) is 0 Å². The zero-order valence-electron chi connectivity index (χ0n) is 32.3. The zero-order chi connectivity index (χ0) is 40.7. The van der Waals surface area contributed by atoms with Gasteiger partial charge in [0.25, 0.3) is 20.2 Å². The third kappa shape index (κ3) is 30.1. The van der Waals surface area contributed by atoms with Crippen LogP contribution in [0.5, 0.6) is 0 Å². The zero-order valence-corrected chi connectivity index (χ0v) is 35.6. The topological polar surface area (TPSA) is 231 Å². The van der Waals surface area contributed by atoms with Gasteiger partial charge in [-0.2, -0.15) is 33.7 Å². The Hall–Kier alpha value is -0.820. The summed E-state index contributed by atoms with van der Waals surface area (Å²) in [5.74, 6) is 0. The highest BCUT2D eigenvalue weighted by molar-refractivity contribution is 7.87. The van der Waals surface area contributed by atoms with Crippen LogP contribution >= 0.6 is 0 Å². The number of unbranched alkanes of at least 4 members (excludes halogenated alkanes) is 10. The van der Waals surface area contributed by atoms with Crippen molar-refractivity contribution in [1.82, 2.24) is 0 Å². The van der Waals surface area contributed by atoms with Crippen LogP contribution in [0.4, 0.5) is 0 Å². The lowest BCUT2D eigenvalue weighted by Crippen LogP contribution is -2.34. The monoisotopic (exact) mass is 850 g/mol. The molecule has 0 bridgehead atoms. The smallest absolute Gasteiger partial charge is 0.392 e. The highest BCUT2D eigenvalue weighted by atomic mass is 32.3. The number of aliphatic hydroxyl groups is 1. The Morgan fingerprint density at radius 3 is 1.28 bits per heavy atom. The van der Waals surface area contributed by atoms with E-state index in [2.05, 4.69) is 25.1 Å². The van der Waals surface area contributed by atoms with Crippen LogP contribution in [0.15, 0.2) is 12.2 Å². The Balaban J connectivity index is 0. The van der Waals surface area contributed by atoms with Crippen molar-refractivity contribution in [2.24, 2.45) is 0 Å². The van der Waals surface area contributed by atoms with E-state index in [4.69, 9.17) is 9.47 Å². The van der Waals surface area contributed by atoms with Crippen LogP contribution in [0.2, 0.25) is 0 Å². The van der Waals surface area contributed by atoms with Crippen molar-refractivity contribution in [2.75, 3.05) is 68.1 Å². The summed E-state index contributed by atoms with van der Waals surface area (Å²) in [6.45, 7) is 4.84. The predicted molar refractivity (Wildman–Crippen MR) is 201 cm³/mol. The summed E-state index contributed by atoms with van der Waals surface area (Å²) in [5, 5.41) is 8.44. The van der Waals surface area contributed by atoms with Crippen molar-refractivity contribution in [3.05, 3.63) is 12.2 Å². The fraction of sp³-hybridized carbons (Fsp3) is 0.938. The lowest BCUT2D eigenvalue weighted by Gasteiger charge is -2.20. The molecular weight excluding hydrogens is 785 g/mol. The van der Waals surface area contributed by atoms with Crippen LogP contribution in [0, 0.1) is 0 Å². The average molecular weight is 851 g/mol. The summed E-state index contributed by atoms with van der Waals surface area (Å²) in [6.07, 6.45) is 15.0. The molecule has 0 aromatic carbocycles. The SMILES string of the molecule is C/C=C/C(CCCCCCCCOCCOS(=O)(=O)OC)S(=O)(=O)OC.CCC(O)C(CCCCCCCCOCCOS(=O)(=O)OC)S(=O)(=O)OC. The van der Waals surface area contributed by atoms with Crippen LogP contribution in [0.3, 0.4) is 0 Å². The standard InChI is InChI=1S/C16H34O9S2.C16H32O8S2/c1-4-15(17)16(26(18,19)22-2)11-9-7-5-6-8-10-12-24-13-14-25-27(20,21)23-3;1-4-11-16(25(17,18)21-2)12-9-7-5-6-8-10-13-23-14-15-24-26(19,20)22-3/h15-17H,4-14H2,1-3H3;4,11,16H,5-10,12-15H2,1-3H3/b;11-4+. The number of ether oxygens (including phenoxy) is 2. The molecule has 0 aromatic heterocycles. The Bertz CT molecular complexity index is 1340. The van der Waals surface area contributed by atoms with E-state index in [1.807, 2.05) is 0 Å². The first kappa shape index (κ1) is 54.3. The normalized spacial score (nSPS) is 14.5. The molecule has 17 nitrogen and oxygen atoms in total. The van der Waals surface area contributed by atoms with Crippen molar-refractivity contribution in [1.29, 1.82) is 0 Å². The van der Waals surface area contributed by atoms with E-state index in [-0.39, 0.29) is 26.4 Å². The second-order valence-electron chi connectivity index (χ2n) is 11.7. The van der Waals surface area contributed by atoms with Crippen molar-refractivity contribution in [3.63, 3.8) is 0 Å². The van der Waals surface area contributed by atoms with Crippen molar-refractivity contribution >= 4 is 41.0 Å². The van der Waals surface area contributed by atoms with Crippen LogP contribution in [-0.4, -0.2) is 123 Å². The number of hydrogen-bond donors (Lipinski definition) is 1. The lowest BCUT2D eigenvalue weighted by atomic mass is 10.0. The second-order valence-corrected chi connectivity index (χ2v) is 18.4. The molecule has 0 aliphatic rings. The molecule has 0 rings (SSSR count). The van der Waals surface area contributed by atoms with Gasteiger partial charge in [0.2, 0.25) is 0 Å². The molecule has 0 amide bonds. The van der Waals surface area contributed by atoms with Gasteiger partial charge < -0.3 is 14.6 Å². The van der Waals surface area contributed by atoms with Gasteiger partial charge in [-0.1, -0.05) is 83.3 Å². The van der Waals surface area contributed by atoms with E-state index in [1.165, 1.54) is 7.11 Å². The molecule has 0 spiro atoms. The number of allylic oxidation sites excluding steroid dienone is 1. The van der Waals surface area contributed by atoms with Crippen LogP contribution in [-0.2, 0) is 75.6 Å². The van der Waals surface area contributed by atoms with E-state index in [0.29, 0.717) is 38.9 Å². The summed E-state index contributed by atoms with van der Waals surface area (Å²) in [6, 6.07) is 0. The fourth-order valence-electron chi connectivity index (χ4n) is 4.79. The molecule has 0 fully saturated rings. The summed E-state index contributed by atoms with van der Waals surface area (Å²) in [4.78, 5) is 0. The van der Waals surface area contributed by atoms with Gasteiger partial charge in [-0.3, -0.25) is 16.7 Å². The van der Waals surface area contributed by atoms with Crippen molar-refractivity contribution in [2.45, 2.75) is 127 Å². The minimum absolute atomic E-state index is 0.0616. The maximum atomic E-state index is 11.8. The summed E-state index contributed by atoms with van der Waals surface area (Å²) >= 11 is 0. The molecule has 0 aromatic rings. The Labute approximate surface area is 320 Å². The molecule has 320 valence electrons. The predicted octanol–water partition coefficient (Wildman–Crippen LogP) is 4.32. The van der Waals surface area contributed by atoms with E-state index in [9.17, 15) is 38.8 Å². The lowest BCUT2D eigenvalue weighted by molar-refractivity contribution is 0.0928. The van der Waals surface area contributed by atoms with Gasteiger partial charge in [-0.05, 0) is 39.0 Å². The van der Waals surface area contributed by atoms with E-state index in [1.54, 1.807) is 26.0 Å². The first-order valence-electron chi connectivity index (χ1n) is 17.9. The third-order valence-electron chi connectivity index (χ3n) is 7.83. The Morgan fingerprint density at radius 2 is 0.906 bits per heavy atom. The molecule has 3 atom stereocenters. The highest BCUT2D eigenvalue weighted by Crippen LogP contribution is 2.19. The molecule has 0 aliphatic heterocycles. The van der Waals surface area contributed by atoms with Crippen molar-refractivity contribution < 1.29 is 73.3 Å². The minimum atomic E-state index is -3.90. The largest absolute Gasteiger partial charge is 0.399 e. The van der Waals surface area contributed by atoms with Crippen molar-refractivity contribution in [3.8, 4) is 0 Å². The molecular formula is C32H66O17S4. The Morgan fingerprint density at radius 1 is 0.509 bits per heavy atom. The first-order valence-corrected chi connectivity index (χ1v) is 23.5. The van der Waals surface area contributed by atoms with Gasteiger partial charge in [0.15, 0.2) is 0 Å². The maximum absolute atomic E-state index is 11.8. The number of rotatable bonds is 35. The average Bonchev–Trinajstić information content (AvgIpc) is 3.13. The number of hydrogen-bond acceptors (Lipinski definition) is 17.